The maximum atomic E-state index is 10.3. The summed E-state index contributed by atoms with van der Waals surface area (Å²) in [6.45, 7) is 5.45. The molecular weight excluding hydrogens is 179 g/mol. The van der Waals surface area contributed by atoms with E-state index in [9.17, 15) is 4.70 Å². The third-order valence-electron chi connectivity index (χ3n) is 2.93. The van der Waals surface area contributed by atoms with Gasteiger partial charge in [-0.1, -0.05) is 0 Å². The molecule has 1 aliphatic rings. The molecule has 2 N–H and O–H groups in total. The molecule has 0 radical (unpaired) electrons. The molecule has 0 amide bonds. The minimum absolute atomic E-state index is 0.238. The van der Waals surface area contributed by atoms with Gasteiger partial charge in [-0.3, -0.25) is 0 Å². The molecule has 1 aliphatic heterocycles. The van der Waals surface area contributed by atoms with E-state index in [0.717, 1.165) is 33.2 Å². The first kappa shape index (κ1) is 11.8. The van der Waals surface area contributed by atoms with E-state index in [2.05, 4.69) is 17.1 Å². The number of likely N-dealkylation sites (tertiary alicyclic amines) is 1. The van der Waals surface area contributed by atoms with Gasteiger partial charge in [-0.2, -0.15) is 0 Å². The molecule has 0 aromatic carbocycles. The van der Waals surface area contributed by atoms with Crippen LogP contribution in [0.2, 0.25) is 0 Å². The van der Waals surface area contributed by atoms with Crippen molar-refractivity contribution in [3.63, 3.8) is 0 Å². The van der Waals surface area contributed by atoms with E-state index < -0.39 is 0 Å². The second-order valence-corrected chi connectivity index (χ2v) is 3.81. The third kappa shape index (κ3) is 3.15. The van der Waals surface area contributed by atoms with E-state index in [0.29, 0.717) is 18.4 Å². The van der Waals surface area contributed by atoms with Crippen molar-refractivity contribution in [3.05, 3.63) is 0 Å². The van der Waals surface area contributed by atoms with Gasteiger partial charge >= 0.3 is 85.2 Å². The molecule has 1 saturated heterocycles. The van der Waals surface area contributed by atoms with Crippen LogP contribution in [-0.2, 0) is 4.70 Å². The Hall–Kier alpha value is -0.255. The van der Waals surface area contributed by atoms with Crippen molar-refractivity contribution >= 4 is 7.15 Å². The minimum atomic E-state index is 0.238. The molecule has 0 aliphatic carbocycles. The van der Waals surface area contributed by atoms with Gasteiger partial charge in [0, 0.05) is 0 Å². The van der Waals surface area contributed by atoms with Gasteiger partial charge in [0.1, 0.15) is 0 Å². The van der Waals surface area contributed by atoms with Crippen molar-refractivity contribution in [1.29, 1.82) is 0 Å². The van der Waals surface area contributed by atoms with Crippen molar-refractivity contribution in [2.75, 3.05) is 32.7 Å². The zero-order chi connectivity index (χ0) is 10.4. The van der Waals surface area contributed by atoms with E-state index in [4.69, 9.17) is 5.11 Å². The molecule has 5 heteroatoms. The molecule has 0 unspecified atom stereocenters. The third-order valence-corrected chi connectivity index (χ3v) is 2.93. The Labute approximate surface area is 85.9 Å². The summed E-state index contributed by atoms with van der Waals surface area (Å²) in [5.41, 5.74) is 0. The predicted molar refractivity (Wildman–Crippen MR) is 55.5 cm³/mol. The number of hydrogen-bond acceptors (Lipinski definition) is 4. The van der Waals surface area contributed by atoms with Crippen LogP contribution in [0.3, 0.4) is 0 Å². The Balaban J connectivity index is 2.39. The van der Waals surface area contributed by atoms with Crippen LogP contribution in [0.4, 0.5) is 0 Å². The molecule has 0 bridgehead atoms. The van der Waals surface area contributed by atoms with E-state index in [-0.39, 0.29) is 6.61 Å². The average Bonchev–Trinajstić information content (AvgIpc) is 2.58. The SMILES string of the molecule is CCN1C[C@H](CCO)[C@@H](NCB=O)C1. The molecule has 1 heterocycles. The van der Waals surface area contributed by atoms with Crippen LogP contribution >= 0.6 is 0 Å². The molecule has 0 spiro atoms. The molecule has 4 nitrogen and oxygen atoms in total. The Kier molecular flexibility index (Phi) is 5.29. The average molecular weight is 198 g/mol. The summed E-state index contributed by atoms with van der Waals surface area (Å²) in [6.07, 6.45) is 1.25. The number of likely N-dealkylation sites (N-methyl/N-ethyl adjacent to an activating group) is 1. The number of aliphatic hydroxyl groups is 1. The van der Waals surface area contributed by atoms with Gasteiger partial charge < -0.3 is 0 Å². The molecular formula is C9H19BN2O2. The van der Waals surface area contributed by atoms with Gasteiger partial charge in [0.15, 0.2) is 0 Å². The van der Waals surface area contributed by atoms with Gasteiger partial charge in [0.2, 0.25) is 0 Å². The first-order valence-electron chi connectivity index (χ1n) is 5.32. The Morgan fingerprint density at radius 1 is 1.57 bits per heavy atom. The number of nitrogens with one attached hydrogen (secondary N) is 1. The van der Waals surface area contributed by atoms with Crippen LogP contribution in [0.15, 0.2) is 0 Å². The first-order valence-corrected chi connectivity index (χ1v) is 5.32. The fourth-order valence-electron chi connectivity index (χ4n) is 2.11. The van der Waals surface area contributed by atoms with E-state index in [1.165, 1.54) is 0 Å². The number of hydrogen-bond donors (Lipinski definition) is 2. The van der Waals surface area contributed by atoms with E-state index >= 15 is 0 Å². The van der Waals surface area contributed by atoms with Gasteiger partial charge in [-0.15, -0.1) is 0 Å². The zero-order valence-corrected chi connectivity index (χ0v) is 8.78. The number of rotatable bonds is 6. The van der Waals surface area contributed by atoms with Gasteiger partial charge in [0.05, 0.1) is 0 Å². The van der Waals surface area contributed by atoms with Gasteiger partial charge in [0.25, 0.3) is 0 Å². The second-order valence-electron chi connectivity index (χ2n) is 3.81. The Morgan fingerprint density at radius 2 is 2.36 bits per heavy atom. The van der Waals surface area contributed by atoms with Crippen LogP contribution in [0.1, 0.15) is 13.3 Å². The van der Waals surface area contributed by atoms with Crippen molar-refractivity contribution in [2.24, 2.45) is 5.92 Å². The van der Waals surface area contributed by atoms with Crippen molar-refractivity contribution in [1.82, 2.24) is 10.2 Å². The fraction of sp³-hybridized carbons (Fsp3) is 1.00. The number of nitrogens with zero attached hydrogens (tertiary/aromatic N) is 1. The molecule has 80 valence electrons. The fourth-order valence-corrected chi connectivity index (χ4v) is 2.11. The van der Waals surface area contributed by atoms with Crippen LogP contribution in [0.25, 0.3) is 0 Å². The number of aliphatic hydroxyl groups excluding tert-OH is 1. The first-order chi connectivity index (χ1) is 6.81. The van der Waals surface area contributed by atoms with Crippen LogP contribution in [-0.4, -0.2) is 55.9 Å². The summed E-state index contributed by atoms with van der Waals surface area (Å²) < 4.78 is 10.3. The standard InChI is InChI=1S/C9H19BN2O2/c1-2-12-5-8(3-4-13)9(6-12)11-7-10-14/h8-9,11,13H,2-7H2,1H3/t8-,9-/m0/s1. The molecule has 2 atom stereocenters. The van der Waals surface area contributed by atoms with Crippen molar-refractivity contribution < 1.29 is 9.81 Å². The Bertz CT molecular complexity index is 180. The summed E-state index contributed by atoms with van der Waals surface area (Å²) >= 11 is 0. The van der Waals surface area contributed by atoms with Crippen molar-refractivity contribution in [2.45, 2.75) is 19.4 Å². The summed E-state index contributed by atoms with van der Waals surface area (Å²) in [5, 5.41) is 12.1. The zero-order valence-electron chi connectivity index (χ0n) is 8.78. The van der Waals surface area contributed by atoms with Crippen LogP contribution in [0.5, 0.6) is 0 Å². The Morgan fingerprint density at radius 3 is 2.93 bits per heavy atom. The van der Waals surface area contributed by atoms with E-state index in [1.54, 1.807) is 0 Å². The summed E-state index contributed by atoms with van der Waals surface area (Å²) in [7, 11) is 0.893. The van der Waals surface area contributed by atoms with Crippen molar-refractivity contribution in [3.8, 4) is 0 Å². The quantitative estimate of drug-likeness (QED) is 0.553. The maximum absolute atomic E-state index is 10.3. The normalized spacial score (nSPS) is 27.9. The predicted octanol–water partition coefficient (Wildman–Crippen LogP) is -0.714. The summed E-state index contributed by atoms with van der Waals surface area (Å²) in [5.74, 6) is 0.486. The molecule has 1 fully saturated rings. The van der Waals surface area contributed by atoms with Crippen LogP contribution < -0.4 is 5.32 Å². The summed E-state index contributed by atoms with van der Waals surface area (Å²) in [4.78, 5) is 2.35. The second kappa shape index (κ2) is 6.27. The van der Waals surface area contributed by atoms with Gasteiger partial charge in [-0.25, -0.2) is 0 Å². The molecule has 0 aromatic heterocycles. The van der Waals surface area contributed by atoms with Crippen LogP contribution in [0, 0.1) is 5.92 Å². The molecule has 1 rings (SSSR count). The molecule has 0 aromatic rings. The monoisotopic (exact) mass is 198 g/mol. The summed E-state index contributed by atoms with van der Waals surface area (Å²) in [6, 6.07) is 0.368. The topological polar surface area (TPSA) is 52.6 Å². The molecule has 0 saturated carbocycles. The van der Waals surface area contributed by atoms with Gasteiger partial charge in [-0.05, 0) is 0 Å². The van der Waals surface area contributed by atoms with E-state index in [1.807, 2.05) is 0 Å². The molecule has 14 heavy (non-hydrogen) atoms.